The van der Waals surface area contributed by atoms with Gasteiger partial charge in [0, 0.05) is 31.9 Å². The fraction of sp³-hybridized carbons (Fsp3) is 0.611. The lowest BCUT2D eigenvalue weighted by molar-refractivity contribution is -0.135. The van der Waals surface area contributed by atoms with Crippen molar-refractivity contribution >= 4 is 11.6 Å². The van der Waals surface area contributed by atoms with Crippen LogP contribution in [0.15, 0.2) is 24.3 Å². The van der Waals surface area contributed by atoms with Crippen LogP contribution in [0.1, 0.15) is 37.7 Å². The van der Waals surface area contributed by atoms with Gasteiger partial charge >= 0.3 is 0 Å². The van der Waals surface area contributed by atoms with E-state index in [2.05, 4.69) is 34.5 Å². The molecular formula is C18H26N2O2. The molecule has 0 aliphatic carbocycles. The van der Waals surface area contributed by atoms with E-state index in [1.54, 1.807) is 0 Å². The molecule has 120 valence electrons. The number of carbonyl (C=O) groups is 1. The van der Waals surface area contributed by atoms with Gasteiger partial charge in [-0.1, -0.05) is 18.2 Å². The summed E-state index contributed by atoms with van der Waals surface area (Å²) in [4.78, 5) is 14.4. The molecule has 2 aliphatic heterocycles. The fourth-order valence-corrected chi connectivity index (χ4v) is 3.39. The minimum atomic E-state index is -0.218. The number of benzene rings is 1. The molecule has 1 atom stereocenters. The summed E-state index contributed by atoms with van der Waals surface area (Å²) < 4.78 is 5.51. The van der Waals surface area contributed by atoms with E-state index < -0.39 is 0 Å². The Bertz CT molecular complexity index is 498. The zero-order valence-corrected chi connectivity index (χ0v) is 13.2. The van der Waals surface area contributed by atoms with Crippen LogP contribution in [0.5, 0.6) is 0 Å². The van der Waals surface area contributed by atoms with Crippen molar-refractivity contribution in [2.75, 3.05) is 31.1 Å². The van der Waals surface area contributed by atoms with Crippen LogP contribution >= 0.6 is 0 Å². The molecule has 1 aromatic rings. The van der Waals surface area contributed by atoms with Crippen LogP contribution in [-0.2, 0) is 16.0 Å². The summed E-state index contributed by atoms with van der Waals surface area (Å²) in [7, 11) is 0. The first-order chi connectivity index (χ1) is 10.8. The molecule has 1 N–H and O–H groups in total. The van der Waals surface area contributed by atoms with Gasteiger partial charge in [0.1, 0.15) is 6.10 Å². The van der Waals surface area contributed by atoms with Crippen molar-refractivity contribution in [3.63, 3.8) is 0 Å². The highest BCUT2D eigenvalue weighted by Crippen LogP contribution is 2.26. The molecule has 2 aliphatic rings. The molecule has 4 heteroatoms. The van der Waals surface area contributed by atoms with Gasteiger partial charge in [-0.05, 0) is 50.2 Å². The Balaban J connectivity index is 1.41. The van der Waals surface area contributed by atoms with Gasteiger partial charge in [-0.25, -0.2) is 0 Å². The second kappa shape index (κ2) is 7.63. The summed E-state index contributed by atoms with van der Waals surface area (Å²) in [6.45, 7) is 3.58. The molecular weight excluding hydrogens is 276 g/mol. The highest BCUT2D eigenvalue weighted by atomic mass is 16.5. The third-order valence-corrected chi connectivity index (χ3v) is 4.58. The van der Waals surface area contributed by atoms with E-state index in [1.165, 1.54) is 24.1 Å². The number of hydrogen-bond donors (Lipinski definition) is 1. The Labute approximate surface area is 132 Å². The van der Waals surface area contributed by atoms with E-state index in [9.17, 15) is 4.79 Å². The van der Waals surface area contributed by atoms with E-state index in [1.807, 2.05) is 0 Å². The molecule has 3 rings (SSSR count). The van der Waals surface area contributed by atoms with Crippen LogP contribution in [0, 0.1) is 0 Å². The first kappa shape index (κ1) is 15.3. The second-order valence-electron chi connectivity index (χ2n) is 6.22. The summed E-state index contributed by atoms with van der Waals surface area (Å²) in [5.41, 5.74) is 2.82. The molecule has 0 saturated carbocycles. The van der Waals surface area contributed by atoms with Crippen LogP contribution in [0.4, 0.5) is 5.69 Å². The lowest BCUT2D eigenvalue weighted by Gasteiger charge is -2.31. The zero-order valence-electron chi connectivity index (χ0n) is 13.2. The number of nitrogens with zero attached hydrogens (tertiary/aromatic N) is 1. The maximum atomic E-state index is 12.0. The number of rotatable bonds is 5. The number of hydrogen-bond acceptors (Lipinski definition) is 3. The standard InChI is InChI=1S/C18H26N2O2/c21-18(17-10-3-4-14-22-17)19-11-6-13-20-12-5-8-15-7-1-2-9-16(15)20/h1-2,7,9,17H,3-6,8,10-14H2,(H,19,21)/t17-/m0/s1. The van der Waals surface area contributed by atoms with Gasteiger partial charge in [0.25, 0.3) is 0 Å². The highest BCUT2D eigenvalue weighted by molar-refractivity contribution is 5.80. The molecule has 0 spiro atoms. The SMILES string of the molecule is O=C(NCCCN1CCCc2ccccc21)[C@@H]1CCCCO1. The van der Waals surface area contributed by atoms with Crippen LogP contribution in [-0.4, -0.2) is 38.3 Å². The number of amides is 1. The van der Waals surface area contributed by atoms with Gasteiger partial charge in [-0.15, -0.1) is 0 Å². The molecule has 2 heterocycles. The van der Waals surface area contributed by atoms with Crippen LogP contribution in [0.3, 0.4) is 0 Å². The van der Waals surface area contributed by atoms with Crippen molar-refractivity contribution in [1.29, 1.82) is 0 Å². The maximum absolute atomic E-state index is 12.0. The van der Waals surface area contributed by atoms with Crippen LogP contribution < -0.4 is 10.2 Å². The normalized spacial score (nSPS) is 21.3. The molecule has 0 unspecified atom stereocenters. The van der Waals surface area contributed by atoms with Gasteiger partial charge < -0.3 is 15.0 Å². The van der Waals surface area contributed by atoms with E-state index in [0.717, 1.165) is 51.9 Å². The van der Waals surface area contributed by atoms with Crippen molar-refractivity contribution in [1.82, 2.24) is 5.32 Å². The Hall–Kier alpha value is -1.55. The second-order valence-corrected chi connectivity index (χ2v) is 6.22. The minimum absolute atomic E-state index is 0.0683. The predicted molar refractivity (Wildman–Crippen MR) is 88.2 cm³/mol. The van der Waals surface area contributed by atoms with Crippen LogP contribution in [0.25, 0.3) is 0 Å². The summed E-state index contributed by atoms with van der Waals surface area (Å²) in [5, 5.41) is 3.03. The van der Waals surface area contributed by atoms with Crippen LogP contribution in [0.2, 0.25) is 0 Å². The van der Waals surface area contributed by atoms with Crippen molar-refractivity contribution in [3.05, 3.63) is 29.8 Å². The molecule has 22 heavy (non-hydrogen) atoms. The topological polar surface area (TPSA) is 41.6 Å². The molecule has 4 nitrogen and oxygen atoms in total. The number of carbonyl (C=O) groups excluding carboxylic acids is 1. The number of fused-ring (bicyclic) bond motifs is 1. The monoisotopic (exact) mass is 302 g/mol. The lowest BCUT2D eigenvalue weighted by atomic mass is 10.0. The Kier molecular flexibility index (Phi) is 5.33. The summed E-state index contributed by atoms with van der Waals surface area (Å²) in [6.07, 6.45) is 6.21. The van der Waals surface area contributed by atoms with Gasteiger partial charge in [0.2, 0.25) is 5.91 Å². The van der Waals surface area contributed by atoms with Crippen molar-refractivity contribution in [2.45, 2.75) is 44.6 Å². The molecule has 1 amide bonds. The average molecular weight is 302 g/mol. The molecule has 0 aromatic heterocycles. The number of para-hydroxylation sites is 1. The van der Waals surface area contributed by atoms with Gasteiger partial charge in [-0.2, -0.15) is 0 Å². The minimum Gasteiger partial charge on any atom is -0.371 e. The molecule has 0 bridgehead atoms. The Morgan fingerprint density at radius 2 is 2.18 bits per heavy atom. The summed E-state index contributed by atoms with van der Waals surface area (Å²) in [5.74, 6) is 0.0683. The molecule has 1 fully saturated rings. The zero-order chi connectivity index (χ0) is 15.2. The maximum Gasteiger partial charge on any atom is 0.249 e. The number of anilines is 1. The fourth-order valence-electron chi connectivity index (χ4n) is 3.39. The molecule has 1 saturated heterocycles. The summed E-state index contributed by atoms with van der Waals surface area (Å²) in [6, 6.07) is 8.67. The predicted octanol–water partition coefficient (Wildman–Crippen LogP) is 2.51. The number of nitrogens with one attached hydrogen (secondary N) is 1. The first-order valence-corrected chi connectivity index (χ1v) is 8.57. The van der Waals surface area contributed by atoms with E-state index in [-0.39, 0.29) is 12.0 Å². The number of aryl methyl sites for hydroxylation is 1. The van der Waals surface area contributed by atoms with Crippen molar-refractivity contribution in [3.8, 4) is 0 Å². The third-order valence-electron chi connectivity index (χ3n) is 4.58. The first-order valence-electron chi connectivity index (χ1n) is 8.57. The smallest absolute Gasteiger partial charge is 0.249 e. The number of ether oxygens (including phenoxy) is 1. The summed E-state index contributed by atoms with van der Waals surface area (Å²) >= 11 is 0. The quantitative estimate of drug-likeness (QED) is 0.850. The van der Waals surface area contributed by atoms with Gasteiger partial charge in [0.15, 0.2) is 0 Å². The van der Waals surface area contributed by atoms with E-state index in [4.69, 9.17) is 4.74 Å². The average Bonchev–Trinajstić information content (AvgIpc) is 2.59. The van der Waals surface area contributed by atoms with E-state index in [0.29, 0.717) is 0 Å². The van der Waals surface area contributed by atoms with E-state index >= 15 is 0 Å². The lowest BCUT2D eigenvalue weighted by Crippen LogP contribution is -2.40. The molecule has 1 aromatic carbocycles. The van der Waals surface area contributed by atoms with Gasteiger partial charge in [0.05, 0.1) is 0 Å². The highest BCUT2D eigenvalue weighted by Gasteiger charge is 2.21. The Morgan fingerprint density at radius 1 is 1.27 bits per heavy atom. The van der Waals surface area contributed by atoms with Crippen molar-refractivity contribution < 1.29 is 9.53 Å². The third kappa shape index (κ3) is 3.80. The largest absolute Gasteiger partial charge is 0.371 e. The Morgan fingerprint density at radius 3 is 3.05 bits per heavy atom. The molecule has 0 radical (unpaired) electrons. The van der Waals surface area contributed by atoms with Crippen molar-refractivity contribution in [2.24, 2.45) is 0 Å². The van der Waals surface area contributed by atoms with Gasteiger partial charge in [-0.3, -0.25) is 4.79 Å².